The number of rotatable bonds is 3. The molecule has 0 aliphatic carbocycles. The number of H-pyrrole nitrogens is 1. The van der Waals surface area contributed by atoms with Gasteiger partial charge in [-0.1, -0.05) is 18.2 Å². The van der Waals surface area contributed by atoms with Crippen LogP contribution in [-0.2, 0) is 0 Å². The molecule has 0 bridgehead atoms. The van der Waals surface area contributed by atoms with Crippen molar-refractivity contribution in [1.82, 2.24) is 10.3 Å². The Hall–Kier alpha value is -1.60. The molecule has 0 aliphatic heterocycles. The number of halogens is 1. The standard InChI is InChI=1S/C15H13IN2O2/c1-17-14(9-3-2-4-11(16)7-9)10-5-6-12-13(8-10)20-15(19)18-12/h2-8,14,17H,1H3,(H,18,19). The Kier molecular flexibility index (Phi) is 3.62. The first kappa shape index (κ1) is 13.4. The summed E-state index contributed by atoms with van der Waals surface area (Å²) < 4.78 is 6.31. The first-order valence-corrected chi connectivity index (χ1v) is 7.31. The van der Waals surface area contributed by atoms with E-state index in [1.807, 2.05) is 31.3 Å². The van der Waals surface area contributed by atoms with Gasteiger partial charge in [0.1, 0.15) is 0 Å². The monoisotopic (exact) mass is 380 g/mol. The van der Waals surface area contributed by atoms with Crippen LogP contribution in [0, 0.1) is 3.57 Å². The van der Waals surface area contributed by atoms with E-state index >= 15 is 0 Å². The molecule has 5 heteroatoms. The van der Waals surface area contributed by atoms with E-state index in [2.05, 4.69) is 51.1 Å². The van der Waals surface area contributed by atoms with Gasteiger partial charge >= 0.3 is 5.76 Å². The lowest BCUT2D eigenvalue weighted by Crippen LogP contribution is -2.17. The minimum atomic E-state index is -0.424. The second-order valence-electron chi connectivity index (χ2n) is 4.55. The van der Waals surface area contributed by atoms with Gasteiger partial charge in [0.25, 0.3) is 0 Å². The lowest BCUT2D eigenvalue weighted by molar-refractivity contribution is 0.554. The van der Waals surface area contributed by atoms with Crippen LogP contribution in [-0.4, -0.2) is 12.0 Å². The molecule has 0 aliphatic rings. The molecular formula is C15H13IN2O2. The number of aromatic amines is 1. The summed E-state index contributed by atoms with van der Waals surface area (Å²) >= 11 is 2.30. The molecule has 1 heterocycles. The van der Waals surface area contributed by atoms with Crippen molar-refractivity contribution in [3.8, 4) is 0 Å². The summed E-state index contributed by atoms with van der Waals surface area (Å²) in [7, 11) is 1.92. The van der Waals surface area contributed by atoms with Gasteiger partial charge in [0, 0.05) is 3.57 Å². The van der Waals surface area contributed by atoms with Crippen molar-refractivity contribution in [1.29, 1.82) is 0 Å². The van der Waals surface area contributed by atoms with Crippen LogP contribution in [0.15, 0.2) is 51.7 Å². The van der Waals surface area contributed by atoms with Gasteiger partial charge in [0.15, 0.2) is 5.58 Å². The van der Waals surface area contributed by atoms with E-state index in [4.69, 9.17) is 4.42 Å². The topological polar surface area (TPSA) is 58.0 Å². The maximum atomic E-state index is 11.2. The van der Waals surface area contributed by atoms with Gasteiger partial charge < -0.3 is 9.73 Å². The first-order chi connectivity index (χ1) is 9.67. The summed E-state index contributed by atoms with van der Waals surface area (Å²) in [5, 5.41) is 3.30. The molecule has 20 heavy (non-hydrogen) atoms. The Morgan fingerprint density at radius 1 is 1.20 bits per heavy atom. The SMILES string of the molecule is CNC(c1cccc(I)c1)c1ccc2[nH]c(=O)oc2c1. The third-order valence-corrected chi connectivity index (χ3v) is 3.92. The van der Waals surface area contributed by atoms with Gasteiger partial charge in [-0.3, -0.25) is 4.98 Å². The summed E-state index contributed by atoms with van der Waals surface area (Å²) in [6.45, 7) is 0. The van der Waals surface area contributed by atoms with E-state index in [0.717, 1.165) is 11.1 Å². The number of nitrogens with one attached hydrogen (secondary N) is 2. The molecule has 0 amide bonds. The fourth-order valence-corrected chi connectivity index (χ4v) is 2.92. The van der Waals surface area contributed by atoms with E-state index in [0.29, 0.717) is 5.58 Å². The Morgan fingerprint density at radius 3 is 2.75 bits per heavy atom. The minimum absolute atomic E-state index is 0.0642. The predicted molar refractivity (Wildman–Crippen MR) is 86.9 cm³/mol. The highest BCUT2D eigenvalue weighted by Crippen LogP contribution is 2.25. The third kappa shape index (κ3) is 2.51. The highest BCUT2D eigenvalue weighted by Gasteiger charge is 2.13. The number of hydrogen-bond donors (Lipinski definition) is 2. The Labute approximate surface area is 129 Å². The number of aromatic nitrogens is 1. The van der Waals surface area contributed by atoms with Crippen LogP contribution in [0.25, 0.3) is 11.1 Å². The molecule has 0 spiro atoms. The van der Waals surface area contributed by atoms with Gasteiger partial charge in [-0.2, -0.15) is 0 Å². The summed E-state index contributed by atoms with van der Waals surface area (Å²) in [4.78, 5) is 13.9. The van der Waals surface area contributed by atoms with Crippen LogP contribution in [0.2, 0.25) is 0 Å². The average molecular weight is 380 g/mol. The molecule has 2 N–H and O–H groups in total. The van der Waals surface area contributed by atoms with Gasteiger partial charge in [0.2, 0.25) is 0 Å². The van der Waals surface area contributed by atoms with E-state index in [-0.39, 0.29) is 6.04 Å². The molecule has 3 rings (SSSR count). The van der Waals surface area contributed by atoms with Crippen molar-refractivity contribution in [3.05, 3.63) is 67.7 Å². The Balaban J connectivity index is 2.08. The number of hydrogen-bond acceptors (Lipinski definition) is 3. The lowest BCUT2D eigenvalue weighted by atomic mass is 9.99. The van der Waals surface area contributed by atoms with Gasteiger partial charge in [-0.05, 0) is 65.0 Å². The fraction of sp³-hybridized carbons (Fsp3) is 0.133. The van der Waals surface area contributed by atoms with Gasteiger partial charge in [-0.25, -0.2) is 4.79 Å². The van der Waals surface area contributed by atoms with Crippen LogP contribution in [0.5, 0.6) is 0 Å². The van der Waals surface area contributed by atoms with Crippen molar-refractivity contribution in [2.24, 2.45) is 0 Å². The van der Waals surface area contributed by atoms with E-state index in [1.165, 1.54) is 9.13 Å². The van der Waals surface area contributed by atoms with Crippen LogP contribution in [0.3, 0.4) is 0 Å². The molecule has 1 unspecified atom stereocenters. The van der Waals surface area contributed by atoms with E-state index in [9.17, 15) is 4.79 Å². The van der Waals surface area contributed by atoms with Crippen molar-refractivity contribution < 1.29 is 4.42 Å². The van der Waals surface area contributed by atoms with Crippen molar-refractivity contribution in [2.45, 2.75) is 6.04 Å². The molecule has 0 saturated heterocycles. The number of fused-ring (bicyclic) bond motifs is 1. The lowest BCUT2D eigenvalue weighted by Gasteiger charge is -2.17. The zero-order chi connectivity index (χ0) is 14.1. The molecule has 2 aromatic carbocycles. The summed E-state index contributed by atoms with van der Waals surface area (Å²) in [5.41, 5.74) is 3.54. The molecule has 3 aromatic rings. The quantitative estimate of drug-likeness (QED) is 0.687. The van der Waals surface area contributed by atoms with Gasteiger partial charge in [-0.15, -0.1) is 0 Å². The molecule has 0 fully saturated rings. The Bertz CT molecular complexity index is 807. The van der Waals surface area contributed by atoms with E-state index in [1.54, 1.807) is 0 Å². The molecular weight excluding hydrogens is 367 g/mol. The smallest absolute Gasteiger partial charge is 0.408 e. The maximum Gasteiger partial charge on any atom is 0.417 e. The van der Waals surface area contributed by atoms with Crippen molar-refractivity contribution >= 4 is 33.7 Å². The van der Waals surface area contributed by atoms with Gasteiger partial charge in [0.05, 0.1) is 11.6 Å². The zero-order valence-electron chi connectivity index (χ0n) is 10.8. The summed E-state index contributed by atoms with van der Waals surface area (Å²) in [6.07, 6.45) is 0. The molecule has 0 saturated carbocycles. The predicted octanol–water partition coefficient (Wildman–Crippen LogP) is 3.03. The average Bonchev–Trinajstić information content (AvgIpc) is 2.79. The van der Waals surface area contributed by atoms with Crippen LogP contribution < -0.4 is 11.1 Å². The van der Waals surface area contributed by atoms with Crippen LogP contribution >= 0.6 is 22.6 Å². The summed E-state index contributed by atoms with van der Waals surface area (Å²) in [5.74, 6) is -0.424. The van der Waals surface area contributed by atoms with E-state index < -0.39 is 5.76 Å². The summed E-state index contributed by atoms with van der Waals surface area (Å²) in [6, 6.07) is 14.1. The van der Waals surface area contributed by atoms with Crippen molar-refractivity contribution in [3.63, 3.8) is 0 Å². The number of benzene rings is 2. The highest BCUT2D eigenvalue weighted by atomic mass is 127. The zero-order valence-corrected chi connectivity index (χ0v) is 13.0. The third-order valence-electron chi connectivity index (χ3n) is 3.25. The van der Waals surface area contributed by atoms with Crippen LogP contribution in [0.4, 0.5) is 0 Å². The first-order valence-electron chi connectivity index (χ1n) is 6.23. The minimum Gasteiger partial charge on any atom is -0.408 e. The Morgan fingerprint density at radius 2 is 2.00 bits per heavy atom. The second kappa shape index (κ2) is 5.41. The fourth-order valence-electron chi connectivity index (χ4n) is 2.35. The molecule has 1 aromatic heterocycles. The molecule has 4 nitrogen and oxygen atoms in total. The molecule has 0 radical (unpaired) electrons. The molecule has 102 valence electrons. The van der Waals surface area contributed by atoms with Crippen LogP contribution in [0.1, 0.15) is 17.2 Å². The number of oxazole rings is 1. The van der Waals surface area contributed by atoms with Crippen molar-refractivity contribution in [2.75, 3.05) is 7.05 Å². The second-order valence-corrected chi connectivity index (χ2v) is 5.79. The molecule has 1 atom stereocenters. The highest BCUT2D eigenvalue weighted by molar-refractivity contribution is 14.1. The largest absolute Gasteiger partial charge is 0.417 e. The maximum absolute atomic E-state index is 11.2. The normalized spacial score (nSPS) is 12.7.